The first-order valence-corrected chi connectivity index (χ1v) is 13.5. The molecule has 0 aromatic heterocycles. The Morgan fingerprint density at radius 2 is 1.89 bits per heavy atom. The number of likely N-dealkylation sites (tertiary alicyclic amines) is 1. The van der Waals surface area contributed by atoms with Crippen molar-refractivity contribution in [2.45, 2.75) is 57.1 Å². The van der Waals surface area contributed by atoms with Crippen LogP contribution in [0, 0.1) is 13.8 Å². The molecule has 2 aromatic carbocycles. The summed E-state index contributed by atoms with van der Waals surface area (Å²) in [7, 11) is 4.28. The number of hydrogen-bond donors (Lipinski definition) is 1. The number of piperidine rings is 1. The molecule has 2 heterocycles. The van der Waals surface area contributed by atoms with Crippen LogP contribution in [-0.2, 0) is 28.9 Å². The number of carbonyl (C=O) groups is 1. The number of anilines is 1. The van der Waals surface area contributed by atoms with E-state index in [0.29, 0.717) is 12.6 Å². The minimum Gasteiger partial charge on any atom is -0.497 e. The lowest BCUT2D eigenvalue weighted by Crippen LogP contribution is -2.44. The van der Waals surface area contributed by atoms with Gasteiger partial charge in [0.25, 0.3) is 0 Å². The van der Waals surface area contributed by atoms with E-state index in [-0.39, 0.29) is 12.3 Å². The van der Waals surface area contributed by atoms with Crippen molar-refractivity contribution in [1.29, 1.82) is 0 Å². The van der Waals surface area contributed by atoms with Crippen molar-refractivity contribution < 1.29 is 13.7 Å². The monoisotopic (exact) mass is 498 g/mol. The lowest BCUT2D eigenvalue weighted by Gasteiger charge is -2.35. The second kappa shape index (κ2) is 11.2. The summed E-state index contributed by atoms with van der Waals surface area (Å²) in [5.74, 6) is 0.687. The number of nitrogens with zero attached hydrogens (tertiary/aromatic N) is 3. The van der Waals surface area contributed by atoms with E-state index >= 15 is 0 Å². The quantitative estimate of drug-likeness (QED) is 0.601. The summed E-state index contributed by atoms with van der Waals surface area (Å²) in [6.07, 6.45) is 2.78. The third-order valence-corrected chi connectivity index (χ3v) is 8.88. The highest BCUT2D eigenvalue weighted by Crippen LogP contribution is 2.30. The second-order valence-electron chi connectivity index (χ2n) is 9.94. The molecule has 0 aliphatic carbocycles. The number of benzene rings is 2. The molecule has 1 saturated heterocycles. The molecule has 8 heteroatoms. The molecule has 35 heavy (non-hydrogen) atoms. The maximum absolute atomic E-state index is 13.1. The van der Waals surface area contributed by atoms with Crippen LogP contribution in [0.5, 0.6) is 5.75 Å². The van der Waals surface area contributed by atoms with Crippen LogP contribution in [0.3, 0.4) is 0 Å². The minimum absolute atomic E-state index is 0.0688. The van der Waals surface area contributed by atoms with Crippen LogP contribution in [0.1, 0.15) is 41.5 Å². The lowest BCUT2D eigenvalue weighted by atomic mass is 10.1. The zero-order valence-electron chi connectivity index (χ0n) is 21.6. The van der Waals surface area contributed by atoms with Crippen molar-refractivity contribution in [1.82, 2.24) is 14.1 Å². The van der Waals surface area contributed by atoms with Gasteiger partial charge in [0.15, 0.2) is 0 Å². The molecule has 2 unspecified atom stereocenters. The Morgan fingerprint density at radius 1 is 1.17 bits per heavy atom. The van der Waals surface area contributed by atoms with Gasteiger partial charge in [-0.25, -0.2) is 8.51 Å². The molecule has 4 rings (SSSR count). The first-order valence-electron chi connectivity index (χ1n) is 12.4. The summed E-state index contributed by atoms with van der Waals surface area (Å²) in [5, 5.41) is 3.04. The van der Waals surface area contributed by atoms with Crippen LogP contribution in [0.15, 0.2) is 35.2 Å². The van der Waals surface area contributed by atoms with Crippen LogP contribution in [0.25, 0.3) is 0 Å². The van der Waals surface area contributed by atoms with Crippen molar-refractivity contribution in [3.63, 3.8) is 0 Å². The highest BCUT2D eigenvalue weighted by atomic mass is 32.2. The Balaban J connectivity index is 1.31. The van der Waals surface area contributed by atoms with E-state index in [1.54, 1.807) is 18.5 Å². The SMILES string of the molecule is COc1cc(C)c(S(=O)N(C)CCC(=O)Nc2ccc3c(c2)CN(C2CCCN(C)C2)C3)c(C)c1. The van der Waals surface area contributed by atoms with Gasteiger partial charge in [-0.3, -0.25) is 9.69 Å². The van der Waals surface area contributed by atoms with Crippen LogP contribution in [0.4, 0.5) is 5.69 Å². The summed E-state index contributed by atoms with van der Waals surface area (Å²) in [6, 6.07) is 10.7. The molecule has 1 N–H and O–H groups in total. The van der Waals surface area contributed by atoms with Gasteiger partial charge in [-0.15, -0.1) is 0 Å². The molecular weight excluding hydrogens is 460 g/mol. The lowest BCUT2D eigenvalue weighted by molar-refractivity contribution is -0.116. The van der Waals surface area contributed by atoms with Crippen LogP contribution >= 0.6 is 0 Å². The minimum atomic E-state index is -1.34. The summed E-state index contributed by atoms with van der Waals surface area (Å²) >= 11 is 0. The van der Waals surface area contributed by atoms with E-state index in [4.69, 9.17) is 4.74 Å². The standard InChI is InChI=1S/C27H38N4O3S/c1-19-13-25(34-5)14-20(2)27(19)35(33)30(4)12-10-26(32)28-23-9-8-21-16-31(17-22(21)15-23)24-7-6-11-29(3)18-24/h8-9,13-15,24H,6-7,10-12,16-18H2,1-5H3,(H,28,32). The molecule has 2 aliphatic heterocycles. The molecule has 0 radical (unpaired) electrons. The predicted octanol–water partition coefficient (Wildman–Crippen LogP) is 3.71. The summed E-state index contributed by atoms with van der Waals surface area (Å²) in [5.41, 5.74) is 5.34. The molecule has 1 fully saturated rings. The number of amides is 1. The van der Waals surface area contributed by atoms with E-state index < -0.39 is 11.0 Å². The maximum atomic E-state index is 13.1. The van der Waals surface area contributed by atoms with Gasteiger partial charge in [0, 0.05) is 51.4 Å². The van der Waals surface area contributed by atoms with Crippen molar-refractivity contribution in [3.05, 3.63) is 52.6 Å². The molecule has 7 nitrogen and oxygen atoms in total. The summed E-state index contributed by atoms with van der Waals surface area (Å²) in [6.45, 7) is 8.52. The van der Waals surface area contributed by atoms with Gasteiger partial charge in [-0.1, -0.05) is 6.07 Å². The van der Waals surface area contributed by atoms with Gasteiger partial charge in [0.05, 0.1) is 12.0 Å². The number of aryl methyl sites for hydroxylation is 2. The number of carbonyl (C=O) groups excluding carboxylic acids is 1. The normalized spacial score (nSPS) is 19.5. The summed E-state index contributed by atoms with van der Waals surface area (Å²) < 4.78 is 20.2. The Bertz CT molecular complexity index is 1080. The first kappa shape index (κ1) is 25.8. The Kier molecular flexibility index (Phi) is 8.27. The Labute approximate surface area is 212 Å². The molecule has 0 bridgehead atoms. The Morgan fingerprint density at radius 3 is 2.57 bits per heavy atom. The van der Waals surface area contributed by atoms with E-state index in [9.17, 15) is 9.00 Å². The number of likely N-dealkylation sites (N-methyl/N-ethyl adjacent to an activating group) is 1. The molecule has 1 amide bonds. The van der Waals surface area contributed by atoms with Gasteiger partial charge in [-0.2, -0.15) is 0 Å². The van der Waals surface area contributed by atoms with E-state index in [1.807, 2.05) is 32.0 Å². The van der Waals surface area contributed by atoms with Gasteiger partial charge >= 0.3 is 0 Å². The number of ether oxygens (including phenoxy) is 1. The fourth-order valence-corrected chi connectivity index (χ4v) is 6.46. The fourth-order valence-electron chi connectivity index (χ4n) is 5.22. The molecule has 2 aliphatic rings. The fraction of sp³-hybridized carbons (Fsp3) is 0.519. The van der Waals surface area contributed by atoms with Crippen molar-refractivity contribution in [2.24, 2.45) is 0 Å². The largest absolute Gasteiger partial charge is 0.497 e. The highest BCUT2D eigenvalue weighted by molar-refractivity contribution is 7.82. The van der Waals surface area contributed by atoms with E-state index in [0.717, 1.165) is 47.1 Å². The van der Waals surface area contributed by atoms with Crippen molar-refractivity contribution >= 4 is 22.6 Å². The topological polar surface area (TPSA) is 65.1 Å². The third kappa shape index (κ3) is 6.12. The first-order chi connectivity index (χ1) is 16.7. The number of nitrogens with one attached hydrogen (secondary N) is 1. The molecule has 0 spiro atoms. The number of rotatable bonds is 8. The smallest absolute Gasteiger partial charge is 0.225 e. The van der Waals surface area contributed by atoms with Crippen molar-refractivity contribution in [2.75, 3.05) is 46.2 Å². The second-order valence-corrected chi connectivity index (χ2v) is 11.5. The average Bonchev–Trinajstić information content (AvgIpc) is 3.25. The van der Waals surface area contributed by atoms with Gasteiger partial charge in [-0.05, 0) is 86.8 Å². The van der Waals surface area contributed by atoms with Crippen molar-refractivity contribution in [3.8, 4) is 5.75 Å². The van der Waals surface area contributed by atoms with Gasteiger partial charge < -0.3 is 15.0 Å². The molecule has 190 valence electrons. The Hall–Kier alpha value is -2.26. The van der Waals surface area contributed by atoms with E-state index in [1.165, 1.54) is 30.5 Å². The number of methoxy groups -OCH3 is 1. The zero-order chi connectivity index (χ0) is 25.1. The summed E-state index contributed by atoms with van der Waals surface area (Å²) in [4.78, 5) is 18.4. The average molecular weight is 499 g/mol. The molecule has 0 saturated carbocycles. The zero-order valence-corrected chi connectivity index (χ0v) is 22.4. The molecule has 2 atom stereocenters. The number of hydrogen-bond acceptors (Lipinski definition) is 5. The third-order valence-electron chi connectivity index (χ3n) is 7.13. The molecular formula is C27H38N4O3S. The van der Waals surface area contributed by atoms with Gasteiger partial charge in [0.1, 0.15) is 16.7 Å². The van der Waals surface area contributed by atoms with Crippen LogP contribution in [-0.4, -0.2) is 71.1 Å². The maximum Gasteiger partial charge on any atom is 0.225 e. The number of fused-ring (bicyclic) bond motifs is 1. The predicted molar refractivity (Wildman–Crippen MR) is 141 cm³/mol. The van der Waals surface area contributed by atoms with E-state index in [2.05, 4.69) is 34.3 Å². The van der Waals surface area contributed by atoms with Crippen LogP contribution in [0.2, 0.25) is 0 Å². The van der Waals surface area contributed by atoms with Gasteiger partial charge in [0.2, 0.25) is 5.91 Å². The molecule has 2 aromatic rings. The van der Waals surface area contributed by atoms with Crippen LogP contribution < -0.4 is 10.1 Å². The highest BCUT2D eigenvalue weighted by Gasteiger charge is 2.28.